The molecular formula is C24H22N6O4S2. The maximum atomic E-state index is 12.9. The highest BCUT2D eigenvalue weighted by molar-refractivity contribution is 8.18. The monoisotopic (exact) mass is 522 g/mol. The molecule has 184 valence electrons. The predicted octanol–water partition coefficient (Wildman–Crippen LogP) is 3.78. The van der Waals surface area contributed by atoms with Gasteiger partial charge in [0.2, 0.25) is 5.95 Å². The van der Waals surface area contributed by atoms with Gasteiger partial charge in [-0.25, -0.2) is 9.97 Å². The first-order valence-electron chi connectivity index (χ1n) is 11.4. The molecule has 1 aliphatic heterocycles. The summed E-state index contributed by atoms with van der Waals surface area (Å²) in [7, 11) is -3.86. The molecule has 2 N–H and O–H groups in total. The molecule has 12 heteroatoms. The van der Waals surface area contributed by atoms with Gasteiger partial charge in [-0.1, -0.05) is 18.2 Å². The van der Waals surface area contributed by atoms with Gasteiger partial charge in [0.25, 0.3) is 21.2 Å². The van der Waals surface area contributed by atoms with Crippen LogP contribution in [0, 0.1) is 5.92 Å². The van der Waals surface area contributed by atoms with E-state index in [0.29, 0.717) is 22.1 Å². The fraction of sp³-hybridized carbons (Fsp3) is 0.250. The van der Waals surface area contributed by atoms with Crippen molar-refractivity contribution in [2.75, 3.05) is 5.32 Å². The van der Waals surface area contributed by atoms with Gasteiger partial charge in [-0.2, -0.15) is 12.8 Å². The molecule has 0 atom stereocenters. The first kappa shape index (κ1) is 24.1. The average Bonchev–Trinajstić information content (AvgIpc) is 3.19. The standard InChI is InChI=1S/C24H22N6O4S2/c31-22-19(35-24(32)30-22)13-18-10-12-26-23(29-18)28-17-8-6-15(7-9-17)14-27-36(33,34)20-5-1-3-16-4-2-11-25-21(16)20/h1-5,10-15,17H,6-9H2,(H,26,28,29)(H,30,31,32)/b19-13-,27-14?. The number of rotatable bonds is 6. The molecule has 3 heterocycles. The number of carbonyl (C=O) groups is 2. The van der Waals surface area contributed by atoms with Crippen LogP contribution in [0.5, 0.6) is 0 Å². The van der Waals surface area contributed by atoms with Crippen molar-refractivity contribution in [1.29, 1.82) is 0 Å². The predicted molar refractivity (Wildman–Crippen MR) is 138 cm³/mol. The Hall–Kier alpha value is -3.64. The van der Waals surface area contributed by atoms with Crippen LogP contribution in [0.4, 0.5) is 10.7 Å². The van der Waals surface area contributed by atoms with Crippen LogP contribution < -0.4 is 10.6 Å². The third-order valence-corrected chi connectivity index (χ3v) is 8.08. The number of nitrogens with zero attached hydrogens (tertiary/aromatic N) is 4. The van der Waals surface area contributed by atoms with E-state index in [1.54, 1.807) is 42.9 Å². The highest BCUT2D eigenvalue weighted by Crippen LogP contribution is 2.28. The lowest BCUT2D eigenvalue weighted by Gasteiger charge is -2.27. The van der Waals surface area contributed by atoms with Crippen molar-refractivity contribution in [1.82, 2.24) is 20.3 Å². The van der Waals surface area contributed by atoms with Crippen molar-refractivity contribution in [3.8, 4) is 0 Å². The smallest absolute Gasteiger partial charge is 0.290 e. The van der Waals surface area contributed by atoms with Crippen LogP contribution in [-0.2, 0) is 14.8 Å². The molecule has 36 heavy (non-hydrogen) atoms. The number of hydrogen-bond donors (Lipinski definition) is 2. The summed E-state index contributed by atoms with van der Waals surface area (Å²) in [5.74, 6) is 0.0484. The van der Waals surface area contributed by atoms with E-state index in [1.165, 1.54) is 6.07 Å². The van der Waals surface area contributed by atoms with Gasteiger partial charge in [0, 0.05) is 30.0 Å². The van der Waals surface area contributed by atoms with Crippen molar-refractivity contribution in [2.24, 2.45) is 10.3 Å². The number of benzene rings is 1. The van der Waals surface area contributed by atoms with Crippen LogP contribution in [0.25, 0.3) is 17.0 Å². The van der Waals surface area contributed by atoms with Crippen molar-refractivity contribution in [3.05, 3.63) is 59.4 Å². The Balaban J connectivity index is 1.19. The zero-order valence-corrected chi connectivity index (χ0v) is 20.6. The minimum absolute atomic E-state index is 0.0492. The Morgan fingerprint density at radius 3 is 2.61 bits per heavy atom. The minimum Gasteiger partial charge on any atom is -0.351 e. The number of pyridine rings is 1. The van der Waals surface area contributed by atoms with Crippen LogP contribution in [0.1, 0.15) is 31.4 Å². The summed E-state index contributed by atoms with van der Waals surface area (Å²) in [6, 6.07) is 10.4. The third-order valence-electron chi connectivity index (χ3n) is 5.99. The van der Waals surface area contributed by atoms with Gasteiger partial charge in [0.1, 0.15) is 4.90 Å². The summed E-state index contributed by atoms with van der Waals surface area (Å²) < 4.78 is 29.7. The molecule has 10 nitrogen and oxygen atoms in total. The van der Waals surface area contributed by atoms with Crippen LogP contribution >= 0.6 is 11.8 Å². The molecule has 2 aliphatic rings. The second-order valence-electron chi connectivity index (χ2n) is 8.47. The van der Waals surface area contributed by atoms with Gasteiger partial charge in [-0.05, 0) is 67.6 Å². The molecule has 1 saturated carbocycles. The van der Waals surface area contributed by atoms with E-state index < -0.39 is 21.2 Å². The quantitative estimate of drug-likeness (QED) is 0.365. The van der Waals surface area contributed by atoms with E-state index in [4.69, 9.17) is 0 Å². The van der Waals surface area contributed by atoms with E-state index in [0.717, 1.165) is 42.8 Å². The number of hydrogen-bond acceptors (Lipinski definition) is 9. The lowest BCUT2D eigenvalue weighted by molar-refractivity contribution is -0.115. The van der Waals surface area contributed by atoms with Crippen molar-refractivity contribution >= 4 is 62.1 Å². The molecule has 5 rings (SSSR count). The number of aromatic nitrogens is 3. The van der Waals surface area contributed by atoms with Crippen LogP contribution in [0.2, 0.25) is 0 Å². The number of imide groups is 1. The third kappa shape index (κ3) is 5.44. The Labute approximate surface area is 211 Å². The van der Waals surface area contributed by atoms with Gasteiger partial charge >= 0.3 is 0 Å². The maximum absolute atomic E-state index is 12.9. The number of thioether (sulfide) groups is 1. The molecular weight excluding hydrogens is 500 g/mol. The normalized spacial score (nSPS) is 21.8. The number of amides is 2. The number of fused-ring (bicyclic) bond motifs is 1. The number of carbonyl (C=O) groups excluding carboxylic acids is 2. The van der Waals surface area contributed by atoms with Crippen molar-refractivity contribution in [2.45, 2.75) is 36.6 Å². The van der Waals surface area contributed by atoms with E-state index in [1.807, 2.05) is 12.1 Å². The van der Waals surface area contributed by atoms with E-state index in [2.05, 4.69) is 30.0 Å². The highest BCUT2D eigenvalue weighted by Gasteiger charge is 2.26. The Kier molecular flexibility index (Phi) is 6.79. The molecule has 1 aromatic carbocycles. The number of anilines is 1. The minimum atomic E-state index is -3.86. The summed E-state index contributed by atoms with van der Waals surface area (Å²) >= 11 is 0.838. The number of nitrogens with one attached hydrogen (secondary N) is 2. The van der Waals surface area contributed by atoms with Crippen LogP contribution in [-0.4, -0.2) is 46.8 Å². The summed E-state index contributed by atoms with van der Waals surface area (Å²) in [5, 5.41) is 5.87. The molecule has 2 amide bonds. The fourth-order valence-electron chi connectivity index (χ4n) is 4.18. The Morgan fingerprint density at radius 2 is 1.83 bits per heavy atom. The second kappa shape index (κ2) is 10.2. The topological polar surface area (TPSA) is 143 Å². The Bertz CT molecular complexity index is 1490. The van der Waals surface area contributed by atoms with Crippen LogP contribution in [0.3, 0.4) is 0 Å². The van der Waals surface area contributed by atoms with E-state index >= 15 is 0 Å². The second-order valence-corrected chi connectivity index (χ2v) is 11.1. The summed E-state index contributed by atoms with van der Waals surface area (Å²) in [5.41, 5.74) is 0.940. The van der Waals surface area contributed by atoms with E-state index in [9.17, 15) is 18.0 Å². The Morgan fingerprint density at radius 1 is 1.03 bits per heavy atom. The molecule has 1 saturated heterocycles. The van der Waals surface area contributed by atoms with Gasteiger partial charge in [-0.15, -0.1) is 0 Å². The summed E-state index contributed by atoms with van der Waals surface area (Å²) in [6.07, 6.45) is 9.40. The first-order valence-corrected chi connectivity index (χ1v) is 13.6. The maximum Gasteiger partial charge on any atom is 0.290 e. The van der Waals surface area contributed by atoms with Crippen LogP contribution in [0.15, 0.2) is 63.0 Å². The highest BCUT2D eigenvalue weighted by atomic mass is 32.2. The molecule has 1 aliphatic carbocycles. The zero-order chi connectivity index (χ0) is 25.1. The molecule has 3 aromatic rings. The SMILES string of the molecule is O=C1NC(=O)/C(=C/c2ccnc(NC3CCC(C=NS(=O)(=O)c4cccc5cccnc45)CC3)n2)S1. The van der Waals surface area contributed by atoms with Gasteiger partial charge in [0.05, 0.1) is 16.1 Å². The lowest BCUT2D eigenvalue weighted by atomic mass is 9.87. The number of sulfonamides is 1. The first-order chi connectivity index (χ1) is 17.4. The molecule has 2 fully saturated rings. The van der Waals surface area contributed by atoms with Gasteiger partial charge in [-0.3, -0.25) is 19.9 Å². The largest absolute Gasteiger partial charge is 0.351 e. The molecule has 0 radical (unpaired) electrons. The van der Waals surface area contributed by atoms with Crippen molar-refractivity contribution in [3.63, 3.8) is 0 Å². The molecule has 2 aromatic heterocycles. The summed E-state index contributed by atoms with van der Waals surface area (Å²) in [6.45, 7) is 0. The molecule has 0 spiro atoms. The zero-order valence-electron chi connectivity index (χ0n) is 19.0. The molecule has 0 unspecified atom stereocenters. The van der Waals surface area contributed by atoms with E-state index in [-0.39, 0.29) is 16.9 Å². The fourth-order valence-corrected chi connectivity index (χ4v) is 5.96. The van der Waals surface area contributed by atoms with Crippen molar-refractivity contribution < 1.29 is 18.0 Å². The average molecular weight is 523 g/mol. The lowest BCUT2D eigenvalue weighted by Crippen LogP contribution is -2.27. The van der Waals surface area contributed by atoms with Gasteiger partial charge in [0.15, 0.2) is 0 Å². The molecule has 0 bridgehead atoms. The number of para-hydroxylation sites is 1. The summed E-state index contributed by atoms with van der Waals surface area (Å²) in [4.78, 5) is 36.4. The van der Waals surface area contributed by atoms with Gasteiger partial charge < -0.3 is 5.32 Å².